The second kappa shape index (κ2) is 17.9. The minimum Gasteiger partial charge on any atom is -0.478 e. The number of benzene rings is 2. The van der Waals surface area contributed by atoms with Crippen molar-refractivity contribution in [1.29, 1.82) is 0 Å². The van der Waals surface area contributed by atoms with Crippen molar-refractivity contribution >= 4 is 63.6 Å². The van der Waals surface area contributed by atoms with E-state index in [0.29, 0.717) is 77.2 Å². The number of imide groups is 1. The number of nitrogens with zero attached hydrogens (tertiary/aromatic N) is 6. The van der Waals surface area contributed by atoms with E-state index in [2.05, 4.69) is 25.8 Å². The number of ether oxygens (including phenoxy) is 2. The van der Waals surface area contributed by atoms with Gasteiger partial charge in [-0.2, -0.15) is 4.98 Å². The molecular formula is C46H52ClF2N9O7. The fourth-order valence-electron chi connectivity index (χ4n) is 9.88. The van der Waals surface area contributed by atoms with Crippen molar-refractivity contribution in [2.75, 3.05) is 50.1 Å². The van der Waals surface area contributed by atoms with Crippen molar-refractivity contribution < 1.29 is 37.4 Å². The SMILES string of the molecule is CNC(=O)COc1cc2cc(Nc3nc(N4CCC(OC5CC(N6CCC(c7ccc8c(c7)CN([C@@H]7CCC(=O)NC7=O)C8=O)C(F)(F)C6)C5)CC4)ncc3Cl)ccc2n(C(C)C)c1=O. The Balaban J connectivity index is 0.759. The molecule has 5 aliphatic rings. The van der Waals surface area contributed by atoms with Crippen molar-refractivity contribution in [2.24, 2.45) is 0 Å². The number of aromatic nitrogens is 3. The van der Waals surface area contributed by atoms with Gasteiger partial charge < -0.3 is 34.5 Å². The lowest BCUT2D eigenvalue weighted by Gasteiger charge is -2.48. The van der Waals surface area contributed by atoms with Crippen LogP contribution in [0.1, 0.15) is 92.2 Å². The first-order valence-electron chi connectivity index (χ1n) is 22.3. The van der Waals surface area contributed by atoms with Gasteiger partial charge in [-0.3, -0.25) is 34.2 Å². The zero-order chi connectivity index (χ0) is 45.7. The number of carbonyl (C=O) groups excluding carboxylic acids is 4. The largest absolute Gasteiger partial charge is 0.478 e. The lowest BCUT2D eigenvalue weighted by molar-refractivity contribution is -0.137. The normalized spacial score (nSPS) is 23.6. The van der Waals surface area contributed by atoms with E-state index in [9.17, 15) is 24.0 Å². The van der Waals surface area contributed by atoms with Gasteiger partial charge in [0.2, 0.25) is 17.8 Å². The number of pyridine rings is 1. The molecule has 2 aromatic heterocycles. The number of hydrogen-bond donors (Lipinski definition) is 3. The lowest BCUT2D eigenvalue weighted by Crippen LogP contribution is -2.56. The van der Waals surface area contributed by atoms with E-state index >= 15 is 8.78 Å². The maximum atomic E-state index is 15.9. The number of nitrogens with one attached hydrogen (secondary N) is 3. The van der Waals surface area contributed by atoms with E-state index in [0.717, 1.165) is 18.2 Å². The number of anilines is 3. The molecule has 2 atom stereocenters. The van der Waals surface area contributed by atoms with Crippen LogP contribution in [0.25, 0.3) is 10.9 Å². The van der Waals surface area contributed by atoms with Gasteiger partial charge in [-0.25, -0.2) is 13.8 Å². The summed E-state index contributed by atoms with van der Waals surface area (Å²) in [6.45, 7) is 5.18. The summed E-state index contributed by atoms with van der Waals surface area (Å²) < 4.78 is 45.5. The first kappa shape index (κ1) is 44.5. The van der Waals surface area contributed by atoms with Crippen molar-refractivity contribution in [3.63, 3.8) is 0 Å². The molecular weight excluding hydrogens is 864 g/mol. The first-order valence-corrected chi connectivity index (χ1v) is 22.7. The molecule has 4 fully saturated rings. The molecule has 4 aromatic rings. The third-order valence-corrected chi connectivity index (χ3v) is 13.7. The molecule has 3 N–H and O–H groups in total. The molecule has 16 nitrogen and oxygen atoms in total. The van der Waals surface area contributed by atoms with Crippen molar-refractivity contribution in [2.45, 2.75) is 108 Å². The highest BCUT2D eigenvalue weighted by atomic mass is 35.5. The van der Waals surface area contributed by atoms with E-state index in [1.54, 1.807) is 35.0 Å². The predicted molar refractivity (Wildman–Crippen MR) is 238 cm³/mol. The van der Waals surface area contributed by atoms with Gasteiger partial charge in [0.15, 0.2) is 18.2 Å². The topological polar surface area (TPSA) is 180 Å². The number of fused-ring (bicyclic) bond motifs is 2. The fraction of sp³-hybridized carbons (Fsp3) is 0.500. The van der Waals surface area contributed by atoms with Crippen LogP contribution in [0.2, 0.25) is 5.02 Å². The molecule has 1 aliphatic carbocycles. The Labute approximate surface area is 379 Å². The summed E-state index contributed by atoms with van der Waals surface area (Å²) in [4.78, 5) is 77.0. The van der Waals surface area contributed by atoms with Gasteiger partial charge in [-0.05, 0) is 100 Å². The van der Waals surface area contributed by atoms with E-state index in [4.69, 9.17) is 26.1 Å². The molecule has 0 bridgehead atoms. The summed E-state index contributed by atoms with van der Waals surface area (Å²) in [6.07, 6.45) is 5.16. The minimum absolute atomic E-state index is 0.00252. The summed E-state index contributed by atoms with van der Waals surface area (Å²) in [5, 5.41) is 9.13. The van der Waals surface area contributed by atoms with Crippen LogP contribution < -0.4 is 31.1 Å². The Hall–Kier alpha value is -5.72. The predicted octanol–water partition coefficient (Wildman–Crippen LogP) is 5.30. The molecule has 1 saturated carbocycles. The summed E-state index contributed by atoms with van der Waals surface area (Å²) >= 11 is 6.58. The number of alkyl halides is 2. The van der Waals surface area contributed by atoms with Crippen LogP contribution in [0.4, 0.5) is 26.2 Å². The maximum Gasteiger partial charge on any atom is 0.293 e. The van der Waals surface area contributed by atoms with Crippen LogP contribution in [0.15, 0.2) is 53.5 Å². The fourth-order valence-corrected chi connectivity index (χ4v) is 10.0. The molecule has 344 valence electrons. The first-order chi connectivity index (χ1) is 31.1. The summed E-state index contributed by atoms with van der Waals surface area (Å²) in [5.74, 6) is -4.50. The van der Waals surface area contributed by atoms with Crippen LogP contribution in [0, 0.1) is 0 Å². The Morgan fingerprint density at radius 1 is 1.00 bits per heavy atom. The van der Waals surface area contributed by atoms with E-state index < -0.39 is 23.8 Å². The van der Waals surface area contributed by atoms with Gasteiger partial charge in [-0.15, -0.1) is 0 Å². The second-order valence-electron chi connectivity index (χ2n) is 18.0. The third kappa shape index (κ3) is 8.99. The number of amides is 4. The average molecular weight is 916 g/mol. The summed E-state index contributed by atoms with van der Waals surface area (Å²) in [7, 11) is 1.50. The van der Waals surface area contributed by atoms with Crippen LogP contribution >= 0.6 is 11.6 Å². The number of piperidine rings is 3. The molecule has 3 saturated heterocycles. The Kier molecular flexibility index (Phi) is 12.3. The number of likely N-dealkylation sites (N-methyl/N-ethyl adjacent to an activating group) is 1. The number of carbonyl (C=O) groups is 4. The Morgan fingerprint density at radius 2 is 1.78 bits per heavy atom. The highest BCUT2D eigenvalue weighted by Crippen LogP contribution is 2.44. The minimum atomic E-state index is -2.97. The Bertz CT molecular complexity index is 2600. The van der Waals surface area contributed by atoms with Crippen LogP contribution in [-0.4, -0.2) is 118 Å². The Morgan fingerprint density at radius 3 is 2.51 bits per heavy atom. The molecule has 19 heteroatoms. The zero-order valence-corrected chi connectivity index (χ0v) is 37.2. The molecule has 6 heterocycles. The van der Waals surface area contributed by atoms with Gasteiger partial charge >= 0.3 is 0 Å². The molecule has 4 aliphatic heterocycles. The summed E-state index contributed by atoms with van der Waals surface area (Å²) in [6, 6.07) is 11.2. The highest BCUT2D eigenvalue weighted by Gasteiger charge is 2.49. The molecule has 0 radical (unpaired) electrons. The maximum absolute atomic E-state index is 15.9. The lowest BCUT2D eigenvalue weighted by atomic mass is 9.81. The van der Waals surface area contributed by atoms with Gasteiger partial charge in [0, 0.05) is 61.8 Å². The molecule has 2 aromatic carbocycles. The number of likely N-dealkylation sites (tertiary alicyclic amines) is 1. The van der Waals surface area contributed by atoms with Gasteiger partial charge in [0.1, 0.15) is 11.1 Å². The molecule has 4 amide bonds. The smallest absolute Gasteiger partial charge is 0.293 e. The van der Waals surface area contributed by atoms with Crippen molar-refractivity contribution in [1.82, 2.24) is 35.0 Å². The molecule has 0 spiro atoms. The summed E-state index contributed by atoms with van der Waals surface area (Å²) in [5.41, 5.74) is 2.59. The van der Waals surface area contributed by atoms with Crippen LogP contribution in [0.3, 0.4) is 0 Å². The van der Waals surface area contributed by atoms with E-state index in [1.165, 1.54) is 11.9 Å². The number of hydrogen-bond acceptors (Lipinski definition) is 12. The van der Waals surface area contributed by atoms with Gasteiger partial charge in [0.05, 0.1) is 36.4 Å². The van der Waals surface area contributed by atoms with E-state index in [-0.39, 0.29) is 92.3 Å². The molecule has 9 rings (SSSR count). The zero-order valence-electron chi connectivity index (χ0n) is 36.5. The monoisotopic (exact) mass is 915 g/mol. The van der Waals surface area contributed by atoms with Gasteiger partial charge in [-0.1, -0.05) is 23.7 Å². The van der Waals surface area contributed by atoms with E-state index in [1.807, 2.05) is 36.9 Å². The average Bonchev–Trinajstić information content (AvgIpc) is 3.58. The quantitative estimate of drug-likeness (QED) is 0.157. The highest BCUT2D eigenvalue weighted by molar-refractivity contribution is 6.33. The second-order valence-corrected chi connectivity index (χ2v) is 18.4. The van der Waals surface area contributed by atoms with Crippen LogP contribution in [0.5, 0.6) is 5.75 Å². The standard InChI is InChI=1S/C46H52ClF2N9O7/c1-25(2)58-36-7-5-29(17-27(36)18-38(44(58)63)64-23-40(60)50-3)52-41-35(47)21-51-45(54-41)55-13-10-31(11-14-55)65-32-19-30(20-32)56-15-12-34(46(48,49)24-56)26-4-6-33-28(16-26)22-57(43(33)62)37-8-9-39(59)53-42(37)61/h4-7,16-18,21,25,30-32,34,37H,8-15,19-20,22-24H2,1-3H3,(H,50,60)(H,51,52,54)(H,53,59,61)/t30?,32?,34?,37-/m1/s1. The number of halogens is 3. The van der Waals surface area contributed by atoms with Gasteiger partial charge in [0.25, 0.3) is 23.3 Å². The number of rotatable bonds is 12. The molecule has 1 unspecified atom stereocenters. The van der Waals surface area contributed by atoms with Crippen molar-refractivity contribution in [3.05, 3.63) is 80.7 Å². The van der Waals surface area contributed by atoms with Crippen molar-refractivity contribution in [3.8, 4) is 5.75 Å². The van der Waals surface area contributed by atoms with Crippen LogP contribution in [-0.2, 0) is 25.7 Å². The molecule has 65 heavy (non-hydrogen) atoms. The third-order valence-electron chi connectivity index (χ3n) is 13.4.